The summed E-state index contributed by atoms with van der Waals surface area (Å²) in [5.41, 5.74) is 0. The van der Waals surface area contributed by atoms with E-state index in [2.05, 4.69) is 12.2 Å². The number of unbranched alkanes of at least 4 members (excludes halogenated alkanes) is 2. The maximum absolute atomic E-state index is 11.4. The minimum atomic E-state index is 0. The summed E-state index contributed by atoms with van der Waals surface area (Å²) in [6.07, 6.45) is 9.14. The number of hydrogen-bond acceptors (Lipinski definition) is 1. The van der Waals surface area contributed by atoms with Crippen LogP contribution >= 0.6 is 0 Å². The highest BCUT2D eigenvalue weighted by atomic mass is 79.9. The third-order valence-electron chi connectivity index (χ3n) is 2.25. The molecule has 0 saturated heterocycles. The van der Waals surface area contributed by atoms with Crippen molar-refractivity contribution in [1.29, 1.82) is 0 Å². The molecule has 0 saturated carbocycles. The molecule has 0 spiro atoms. The Labute approximate surface area is 107 Å². The number of aromatic nitrogens is 2. The first-order valence-electron chi connectivity index (χ1n) is 5.50. The average molecular weight is 290 g/mol. The molecule has 1 rings (SSSR count). The number of nitrogens with zero attached hydrogens (tertiary/aromatic N) is 2. The zero-order chi connectivity index (χ0) is 11.1. The predicted molar refractivity (Wildman–Crippen MR) is 58.1 cm³/mol. The van der Waals surface area contributed by atoms with Crippen molar-refractivity contribution in [2.24, 2.45) is 7.05 Å². The number of rotatable bonds is 6. The summed E-state index contributed by atoms with van der Waals surface area (Å²) in [4.78, 5) is 11.4. The minimum Gasteiger partial charge on any atom is -1.00 e. The molecule has 0 bridgehead atoms. The summed E-state index contributed by atoms with van der Waals surface area (Å²) in [6.45, 7) is 3.36. The molecule has 0 fully saturated rings. The number of aryl methyl sites for hydroxylation is 1. The molecule has 1 aromatic rings. The SMILES string of the molecule is CCCCCNC(=O)Cn1cc[n+](C)c1.[Br-]. The van der Waals surface area contributed by atoms with Crippen LogP contribution in [-0.2, 0) is 18.4 Å². The summed E-state index contributed by atoms with van der Waals surface area (Å²) >= 11 is 0. The lowest BCUT2D eigenvalue weighted by Gasteiger charge is -2.02. The van der Waals surface area contributed by atoms with E-state index in [9.17, 15) is 4.79 Å². The minimum absolute atomic E-state index is 0. The van der Waals surface area contributed by atoms with E-state index in [0.717, 1.165) is 13.0 Å². The Bertz CT molecular complexity index is 312. The Morgan fingerprint density at radius 3 is 2.75 bits per heavy atom. The monoisotopic (exact) mass is 289 g/mol. The molecule has 0 atom stereocenters. The quantitative estimate of drug-likeness (QED) is 0.461. The number of carbonyl (C=O) groups is 1. The average Bonchev–Trinajstić information content (AvgIpc) is 2.59. The molecule has 0 aromatic carbocycles. The van der Waals surface area contributed by atoms with Crippen LogP contribution in [0.15, 0.2) is 18.7 Å². The molecule has 1 amide bonds. The van der Waals surface area contributed by atoms with E-state index in [4.69, 9.17) is 0 Å². The maximum atomic E-state index is 11.4. The van der Waals surface area contributed by atoms with Gasteiger partial charge in [-0.2, -0.15) is 0 Å². The fourth-order valence-electron chi connectivity index (χ4n) is 1.42. The van der Waals surface area contributed by atoms with Gasteiger partial charge >= 0.3 is 0 Å². The molecule has 92 valence electrons. The molecule has 0 unspecified atom stereocenters. The van der Waals surface area contributed by atoms with Gasteiger partial charge in [0.25, 0.3) is 5.91 Å². The fraction of sp³-hybridized carbons (Fsp3) is 0.636. The first kappa shape index (κ1) is 15.2. The van der Waals surface area contributed by atoms with Gasteiger partial charge < -0.3 is 22.3 Å². The first-order chi connectivity index (χ1) is 7.22. The number of hydrogen-bond donors (Lipinski definition) is 1. The van der Waals surface area contributed by atoms with Crippen LogP contribution in [0.1, 0.15) is 26.2 Å². The van der Waals surface area contributed by atoms with Crippen molar-refractivity contribution >= 4 is 5.91 Å². The van der Waals surface area contributed by atoms with E-state index >= 15 is 0 Å². The van der Waals surface area contributed by atoms with Crippen LogP contribution in [0.5, 0.6) is 0 Å². The Morgan fingerprint density at radius 2 is 2.19 bits per heavy atom. The standard InChI is InChI=1S/C11H19N3O.BrH/c1-3-4-5-6-12-11(15)9-14-8-7-13(2)10-14;/h7-8,10H,3-6,9H2,1-2H3;1H. The van der Waals surface area contributed by atoms with Gasteiger partial charge in [0.1, 0.15) is 12.4 Å². The Hall–Kier alpha value is -0.840. The fourth-order valence-corrected chi connectivity index (χ4v) is 1.42. The van der Waals surface area contributed by atoms with E-state index in [1.807, 2.05) is 34.9 Å². The van der Waals surface area contributed by atoms with E-state index in [1.165, 1.54) is 12.8 Å². The molecule has 16 heavy (non-hydrogen) atoms. The number of imidazole rings is 1. The normalized spacial score (nSPS) is 9.62. The van der Waals surface area contributed by atoms with Crippen molar-refractivity contribution in [3.05, 3.63) is 18.7 Å². The number of halogens is 1. The largest absolute Gasteiger partial charge is 1.00 e. The molecule has 5 heteroatoms. The molecular weight excluding hydrogens is 270 g/mol. The van der Waals surface area contributed by atoms with Crippen LogP contribution < -0.4 is 26.9 Å². The van der Waals surface area contributed by atoms with Crippen LogP contribution in [0.2, 0.25) is 0 Å². The first-order valence-corrected chi connectivity index (χ1v) is 5.50. The molecule has 0 aliphatic carbocycles. The molecule has 1 heterocycles. The predicted octanol–water partition coefficient (Wildman–Crippen LogP) is -2.38. The van der Waals surface area contributed by atoms with Gasteiger partial charge in [-0.25, -0.2) is 9.13 Å². The van der Waals surface area contributed by atoms with Gasteiger partial charge in [0, 0.05) is 6.54 Å². The lowest BCUT2D eigenvalue weighted by molar-refractivity contribution is -0.671. The second-order valence-corrected chi connectivity index (χ2v) is 3.81. The van der Waals surface area contributed by atoms with Crippen molar-refractivity contribution in [3.8, 4) is 0 Å². The maximum Gasteiger partial charge on any atom is 0.262 e. The highest BCUT2D eigenvalue weighted by Crippen LogP contribution is 1.91. The Morgan fingerprint density at radius 1 is 1.44 bits per heavy atom. The summed E-state index contributed by atoms with van der Waals surface area (Å²) < 4.78 is 3.79. The van der Waals surface area contributed by atoms with Crippen molar-refractivity contribution in [2.45, 2.75) is 32.7 Å². The Kier molecular flexibility index (Phi) is 7.89. The number of nitrogens with one attached hydrogen (secondary N) is 1. The molecule has 1 N–H and O–H groups in total. The van der Waals surface area contributed by atoms with Crippen LogP contribution in [0.25, 0.3) is 0 Å². The number of carbonyl (C=O) groups excluding carboxylic acids is 1. The summed E-state index contributed by atoms with van der Waals surface area (Å²) in [5, 5.41) is 2.91. The van der Waals surface area contributed by atoms with Crippen molar-refractivity contribution < 1.29 is 26.3 Å². The second-order valence-electron chi connectivity index (χ2n) is 3.81. The molecule has 4 nitrogen and oxygen atoms in total. The van der Waals surface area contributed by atoms with Crippen LogP contribution in [0, 0.1) is 0 Å². The van der Waals surface area contributed by atoms with Gasteiger partial charge in [0.05, 0.1) is 7.05 Å². The molecular formula is C11H20BrN3O. The highest BCUT2D eigenvalue weighted by Gasteiger charge is 2.06. The zero-order valence-corrected chi connectivity index (χ0v) is 11.5. The lowest BCUT2D eigenvalue weighted by Crippen LogP contribution is -3.00. The van der Waals surface area contributed by atoms with Gasteiger partial charge in [-0.15, -0.1) is 0 Å². The highest BCUT2D eigenvalue weighted by molar-refractivity contribution is 5.75. The van der Waals surface area contributed by atoms with Crippen molar-refractivity contribution in [1.82, 2.24) is 9.88 Å². The zero-order valence-electron chi connectivity index (χ0n) is 9.95. The van der Waals surface area contributed by atoms with Gasteiger partial charge in [0.15, 0.2) is 6.54 Å². The number of amides is 1. The van der Waals surface area contributed by atoms with Gasteiger partial charge in [0.2, 0.25) is 6.33 Å². The smallest absolute Gasteiger partial charge is 0.262 e. The van der Waals surface area contributed by atoms with Crippen molar-refractivity contribution in [3.63, 3.8) is 0 Å². The summed E-state index contributed by atoms with van der Waals surface area (Å²) in [7, 11) is 1.94. The van der Waals surface area contributed by atoms with E-state index in [-0.39, 0.29) is 22.9 Å². The van der Waals surface area contributed by atoms with Gasteiger partial charge in [-0.05, 0) is 6.42 Å². The molecule has 1 aromatic heterocycles. The van der Waals surface area contributed by atoms with Crippen LogP contribution in [0.4, 0.5) is 0 Å². The van der Waals surface area contributed by atoms with Crippen LogP contribution in [-0.4, -0.2) is 17.0 Å². The van der Waals surface area contributed by atoms with Gasteiger partial charge in [-0.3, -0.25) is 4.79 Å². The second kappa shape index (κ2) is 8.33. The molecule has 0 radical (unpaired) electrons. The Balaban J connectivity index is 0.00000225. The summed E-state index contributed by atoms with van der Waals surface area (Å²) in [5.74, 6) is 0.0855. The lowest BCUT2D eigenvalue weighted by atomic mass is 10.2. The van der Waals surface area contributed by atoms with Gasteiger partial charge in [-0.1, -0.05) is 19.8 Å². The van der Waals surface area contributed by atoms with Crippen molar-refractivity contribution in [2.75, 3.05) is 6.54 Å². The molecule has 0 aliphatic rings. The van der Waals surface area contributed by atoms with E-state index < -0.39 is 0 Å². The van der Waals surface area contributed by atoms with E-state index in [0.29, 0.717) is 6.54 Å². The topological polar surface area (TPSA) is 37.9 Å². The third kappa shape index (κ3) is 5.90. The van der Waals surface area contributed by atoms with E-state index in [1.54, 1.807) is 0 Å². The van der Waals surface area contributed by atoms with Crippen LogP contribution in [0.3, 0.4) is 0 Å². The summed E-state index contributed by atoms with van der Waals surface area (Å²) in [6, 6.07) is 0. The third-order valence-corrected chi connectivity index (χ3v) is 2.25. The molecule has 0 aliphatic heterocycles.